The highest BCUT2D eigenvalue weighted by molar-refractivity contribution is 7.46. The number of furan rings is 1. The summed E-state index contributed by atoms with van der Waals surface area (Å²) in [6.07, 6.45) is -0.804. The Hall–Kier alpha value is -4.13. The van der Waals surface area contributed by atoms with Crippen LogP contribution in [0, 0.1) is 0 Å². The number of aliphatic hydroxyl groups is 2. The number of aliphatic hydroxyl groups excluding tert-OH is 2. The number of anilines is 1. The number of phenols is 1. The molecule has 3 aromatic heterocycles. The zero-order valence-electron chi connectivity index (χ0n) is 21.6. The topological polar surface area (TPSA) is 303 Å². The average Bonchev–Trinajstić information content (AvgIpc) is 3.65. The summed E-state index contributed by atoms with van der Waals surface area (Å²) in [5.41, 5.74) is 12.4. The summed E-state index contributed by atoms with van der Waals surface area (Å²) in [6, 6.07) is 8.52. The number of nitrogen functional groups attached to an aromatic ring is 1. The molecule has 0 amide bonds. The molecular weight excluding hydrogens is 583 g/mol. The third kappa shape index (κ3) is 8.93. The molecule has 0 saturated carbocycles. The molecule has 5 atom stereocenters. The minimum atomic E-state index is -4.72. The number of hydrogen-bond acceptors (Lipinski definition) is 14. The predicted molar refractivity (Wildman–Crippen MR) is 141 cm³/mol. The van der Waals surface area contributed by atoms with Crippen molar-refractivity contribution in [2.45, 2.75) is 37.0 Å². The van der Waals surface area contributed by atoms with Gasteiger partial charge in [-0.15, -0.1) is 0 Å². The van der Waals surface area contributed by atoms with E-state index < -0.39 is 51.0 Å². The van der Waals surface area contributed by atoms with Crippen LogP contribution < -0.4 is 11.5 Å². The number of benzene rings is 1. The number of aromatic nitrogens is 4. The van der Waals surface area contributed by atoms with Crippen molar-refractivity contribution in [3.63, 3.8) is 0 Å². The Kier molecular flexibility index (Phi) is 10.9. The molecule has 228 valence electrons. The number of rotatable bonds is 7. The quantitative estimate of drug-likeness (QED) is 0.118. The molecule has 19 heteroatoms. The number of ether oxygens (including phenoxy) is 1. The Bertz CT molecular complexity index is 1480. The van der Waals surface area contributed by atoms with Gasteiger partial charge in [0.1, 0.15) is 41.9 Å². The molecule has 4 aromatic rings. The molecule has 42 heavy (non-hydrogen) atoms. The molecule has 0 radical (unpaired) electrons. The van der Waals surface area contributed by atoms with Gasteiger partial charge in [-0.05, 0) is 30.2 Å². The first kappa shape index (κ1) is 32.4. The Morgan fingerprint density at radius 1 is 1.10 bits per heavy atom. The lowest BCUT2D eigenvalue weighted by Gasteiger charge is -2.16. The summed E-state index contributed by atoms with van der Waals surface area (Å²) >= 11 is 0. The number of carbonyl (C=O) groups is 1. The fourth-order valence-electron chi connectivity index (χ4n) is 3.57. The van der Waals surface area contributed by atoms with Gasteiger partial charge < -0.3 is 55.9 Å². The monoisotopic (exact) mass is 612 g/mol. The van der Waals surface area contributed by atoms with Crippen LogP contribution in [0.5, 0.6) is 11.7 Å². The molecule has 1 saturated heterocycles. The molecular formula is C23H29N6O12P. The lowest BCUT2D eigenvalue weighted by molar-refractivity contribution is -0.138. The van der Waals surface area contributed by atoms with Crippen molar-refractivity contribution in [1.29, 1.82) is 0 Å². The first-order chi connectivity index (χ1) is 19.8. The van der Waals surface area contributed by atoms with Crippen molar-refractivity contribution in [2.24, 2.45) is 5.73 Å². The van der Waals surface area contributed by atoms with Crippen LogP contribution in [-0.4, -0.2) is 91.8 Å². The third-order valence-corrected chi connectivity index (χ3v) is 6.11. The van der Waals surface area contributed by atoms with Crippen LogP contribution in [0.4, 0.5) is 5.82 Å². The largest absolute Gasteiger partial charge is 0.508 e. The minimum Gasteiger partial charge on any atom is -0.508 e. The van der Waals surface area contributed by atoms with Crippen molar-refractivity contribution >= 4 is 30.8 Å². The number of aromatic hydroxyl groups is 2. The van der Waals surface area contributed by atoms with Gasteiger partial charge in [0.05, 0.1) is 19.2 Å². The maximum absolute atomic E-state index is 10.7. The van der Waals surface area contributed by atoms with Crippen LogP contribution in [0.2, 0.25) is 0 Å². The lowest BCUT2D eigenvalue weighted by atomic mass is 10.1. The molecule has 18 nitrogen and oxygen atoms in total. The Morgan fingerprint density at radius 2 is 1.79 bits per heavy atom. The summed E-state index contributed by atoms with van der Waals surface area (Å²) in [4.78, 5) is 39.6. The van der Waals surface area contributed by atoms with E-state index >= 15 is 0 Å². The van der Waals surface area contributed by atoms with Gasteiger partial charge in [0.2, 0.25) is 0 Å². The molecule has 0 spiro atoms. The van der Waals surface area contributed by atoms with Gasteiger partial charge in [-0.3, -0.25) is 13.9 Å². The Morgan fingerprint density at radius 3 is 2.33 bits per heavy atom. The summed E-state index contributed by atoms with van der Waals surface area (Å²) in [5.74, 6) is -0.751. The predicted octanol–water partition coefficient (Wildman–Crippen LogP) is -0.531. The molecule has 4 heterocycles. The highest BCUT2D eigenvalue weighted by atomic mass is 31.2. The fourth-order valence-corrected chi connectivity index (χ4v) is 3.91. The number of nitrogens with two attached hydrogens (primary N) is 2. The van der Waals surface area contributed by atoms with Crippen LogP contribution in [0.1, 0.15) is 11.8 Å². The number of nitrogens with zero attached hydrogens (tertiary/aromatic N) is 4. The Balaban J connectivity index is 0.000000212. The van der Waals surface area contributed by atoms with Gasteiger partial charge in [0, 0.05) is 6.07 Å². The number of hydrogen-bond donors (Lipinski definition) is 9. The first-order valence-electron chi connectivity index (χ1n) is 11.9. The highest BCUT2D eigenvalue weighted by Gasteiger charge is 2.45. The van der Waals surface area contributed by atoms with Crippen LogP contribution in [-0.2, 0) is 25.0 Å². The standard InChI is InChI=1S/C10H14N5O7P.C9H11NO3.C4H4O2/c11-8-5-9(13-2-12-8)15(3-14-5)10-7(17)6(16)4(22-10)1-21-23(18,19)20;10-8(9(12)13)5-6-1-3-7(11)4-2-6;5-4-2-1-3-6-4/h2-4,6-7,10,16-17H,1H2,(H2,11,12,13)(H2,18,19,20);1-4,8,11H,5,10H2,(H,12,13);1-3,5H/t4-,6-,7-,10-;8-;/m10./s1. The van der Waals surface area contributed by atoms with E-state index in [-0.39, 0.29) is 29.6 Å². The number of imidazole rings is 1. The SMILES string of the molecule is N[C@@H](Cc1ccc(O)cc1)C(=O)O.Nc1ncnc2c1ncn2[C@@H]1O[C@H](COP(=O)(O)O)[C@@H](O)[C@H]1O.Oc1ccco1. The molecule has 5 rings (SSSR count). The molecule has 0 aliphatic carbocycles. The Labute approximate surface area is 236 Å². The second kappa shape index (κ2) is 14.2. The van der Waals surface area contributed by atoms with Crippen molar-refractivity contribution in [2.75, 3.05) is 12.3 Å². The maximum Gasteiger partial charge on any atom is 0.469 e. The van der Waals surface area contributed by atoms with Gasteiger partial charge in [-0.2, -0.15) is 0 Å². The smallest absolute Gasteiger partial charge is 0.469 e. The lowest BCUT2D eigenvalue weighted by Crippen LogP contribution is -2.33. The summed E-state index contributed by atoms with van der Waals surface area (Å²) in [5, 5.41) is 45.8. The van der Waals surface area contributed by atoms with E-state index in [1.165, 1.54) is 41.7 Å². The zero-order chi connectivity index (χ0) is 31.0. The number of phosphoric ester groups is 1. The molecule has 11 N–H and O–H groups in total. The average molecular weight is 612 g/mol. The van der Waals surface area contributed by atoms with Gasteiger partial charge in [0.25, 0.3) is 5.95 Å². The van der Waals surface area contributed by atoms with Crippen molar-refractivity contribution in [1.82, 2.24) is 19.5 Å². The highest BCUT2D eigenvalue weighted by Crippen LogP contribution is 2.38. The van der Waals surface area contributed by atoms with Gasteiger partial charge in [-0.25, -0.2) is 19.5 Å². The second-order valence-corrected chi connectivity index (χ2v) is 9.92. The van der Waals surface area contributed by atoms with E-state index in [0.29, 0.717) is 5.52 Å². The molecule has 1 aliphatic heterocycles. The van der Waals surface area contributed by atoms with Crippen LogP contribution in [0.25, 0.3) is 11.2 Å². The number of carboxylic acids is 1. The molecule has 0 bridgehead atoms. The fraction of sp³-hybridized carbons (Fsp3) is 0.304. The maximum atomic E-state index is 10.7. The minimum absolute atomic E-state index is 0.0324. The van der Waals surface area contributed by atoms with Gasteiger partial charge in [-0.1, -0.05) is 12.1 Å². The van der Waals surface area contributed by atoms with E-state index in [9.17, 15) is 19.6 Å². The summed E-state index contributed by atoms with van der Waals surface area (Å²) < 4.78 is 26.2. The molecule has 0 unspecified atom stereocenters. The molecule has 1 aliphatic rings. The van der Waals surface area contributed by atoms with E-state index in [4.69, 9.17) is 41.3 Å². The zero-order valence-corrected chi connectivity index (χ0v) is 22.5. The third-order valence-electron chi connectivity index (χ3n) is 5.62. The van der Waals surface area contributed by atoms with E-state index in [1.54, 1.807) is 18.2 Å². The van der Waals surface area contributed by atoms with Crippen molar-refractivity contribution in [3.05, 3.63) is 60.9 Å². The number of phenolic OH excluding ortho intramolecular Hbond substituents is 1. The van der Waals surface area contributed by atoms with E-state index in [1.807, 2.05) is 0 Å². The van der Waals surface area contributed by atoms with Crippen LogP contribution >= 0.6 is 7.82 Å². The van der Waals surface area contributed by atoms with Crippen LogP contribution in [0.15, 0.2) is 59.7 Å². The van der Waals surface area contributed by atoms with E-state index in [0.717, 1.165) is 5.56 Å². The summed E-state index contributed by atoms with van der Waals surface area (Å²) in [6.45, 7) is -0.594. The van der Waals surface area contributed by atoms with Crippen LogP contribution in [0.3, 0.4) is 0 Å². The number of fused-ring (bicyclic) bond motifs is 1. The second-order valence-electron chi connectivity index (χ2n) is 8.68. The molecule has 1 fully saturated rings. The van der Waals surface area contributed by atoms with Gasteiger partial charge >= 0.3 is 13.8 Å². The number of carboxylic acid groups (broad SMARTS) is 1. The number of phosphoric acid groups is 1. The molecule has 1 aromatic carbocycles. The summed E-state index contributed by atoms with van der Waals surface area (Å²) in [7, 11) is -4.72. The van der Waals surface area contributed by atoms with Gasteiger partial charge in [0.15, 0.2) is 17.7 Å². The van der Waals surface area contributed by atoms with E-state index in [2.05, 4.69) is 23.9 Å². The van der Waals surface area contributed by atoms with Crippen molar-refractivity contribution < 1.29 is 58.4 Å². The first-order valence-corrected chi connectivity index (χ1v) is 13.4. The normalized spacial score (nSPS) is 20.7. The number of aliphatic carboxylic acids is 1. The van der Waals surface area contributed by atoms with Crippen molar-refractivity contribution in [3.8, 4) is 11.7 Å².